The van der Waals surface area contributed by atoms with Crippen LogP contribution in [0.1, 0.15) is 33.4 Å². The highest BCUT2D eigenvalue weighted by Crippen LogP contribution is 2.49. The minimum Gasteiger partial charge on any atom is -0.309 e. The van der Waals surface area contributed by atoms with Crippen molar-refractivity contribution >= 4 is 77.7 Å². The van der Waals surface area contributed by atoms with Crippen LogP contribution in [0.15, 0.2) is 219 Å². The molecule has 0 fully saturated rings. The first-order valence-corrected chi connectivity index (χ1v) is 31.5. The largest absolute Gasteiger partial charge is 0.309 e. The van der Waals surface area contributed by atoms with E-state index in [0.29, 0.717) is 134 Å². The highest BCUT2D eigenvalue weighted by Gasteiger charge is 2.27. The Balaban J connectivity index is 1.06. The zero-order valence-corrected chi connectivity index (χ0v) is 53.8. The van der Waals surface area contributed by atoms with Gasteiger partial charge in [-0.15, -0.1) is 0 Å². The van der Waals surface area contributed by atoms with Crippen molar-refractivity contribution in [1.82, 2.24) is 29.1 Å². The van der Waals surface area contributed by atoms with Crippen LogP contribution in [0.4, 0.5) is 34.1 Å². The Morgan fingerprint density at radius 1 is 0.298 bits per heavy atom. The standard InChI is InChI=1S/C86H36N18/c1-93-62-33-59(45-90)80(60(34-62)46-91)53-18-23-76-65(36-53)67-38-55(82-61(47-92)35-63(94-2)41-73(82)98-6)20-25-77(67)104(76)79-40-57(86-101-84(51-13-9-7-10-14-51)100-85(102-86)52-15-11-8-12-16-52)17-22-64(79)69-48-99-28-27-78(69)103-74-24-19-54(81-58(44-89)29-49(42-87)30-70(81)95-3)37-66(74)68-39-56(21-26-75(68)103)83-71(96-4)31-50(43-88)32-72(83)97-5/h7-41,48H. The molecule has 0 amide bonds. The number of benzene rings is 11. The molecule has 0 aliphatic carbocycles. The average molecular weight is 1320 g/mol. The van der Waals surface area contributed by atoms with Gasteiger partial charge in [0.1, 0.15) is 0 Å². The molecule has 0 unspecified atom stereocenters. The number of hydrogen-bond donors (Lipinski definition) is 0. The summed E-state index contributed by atoms with van der Waals surface area (Å²) in [5, 5.41) is 65.2. The van der Waals surface area contributed by atoms with E-state index in [0.717, 1.165) is 11.1 Å². The lowest BCUT2D eigenvalue weighted by molar-refractivity contribution is 1.07. The molecule has 0 aliphatic heterocycles. The van der Waals surface area contributed by atoms with E-state index in [9.17, 15) is 31.6 Å². The fourth-order valence-corrected chi connectivity index (χ4v) is 13.7. The number of rotatable bonds is 10. The Bertz CT molecular complexity index is 6390. The molecule has 11 aromatic carbocycles. The van der Waals surface area contributed by atoms with Gasteiger partial charge in [0.2, 0.25) is 0 Å². The molecule has 0 bridgehead atoms. The molecule has 0 saturated heterocycles. The molecule has 15 aromatic rings. The molecule has 18 nitrogen and oxygen atoms in total. The van der Waals surface area contributed by atoms with E-state index in [-0.39, 0.29) is 67.5 Å². The van der Waals surface area contributed by atoms with Crippen LogP contribution in [-0.4, -0.2) is 29.1 Å². The van der Waals surface area contributed by atoms with E-state index in [1.165, 1.54) is 48.5 Å². The van der Waals surface area contributed by atoms with Crippen molar-refractivity contribution in [2.45, 2.75) is 0 Å². The Labute approximate surface area is 593 Å². The van der Waals surface area contributed by atoms with Gasteiger partial charge in [-0.3, -0.25) is 4.98 Å². The molecule has 0 radical (unpaired) electrons. The van der Waals surface area contributed by atoms with Gasteiger partial charge < -0.3 is 9.13 Å². The number of hydrogen-bond acceptors (Lipinski definition) is 10. The van der Waals surface area contributed by atoms with Crippen molar-refractivity contribution in [3.05, 3.63) is 321 Å². The fraction of sp³-hybridized carbons (Fsp3) is 0. The summed E-state index contributed by atoms with van der Waals surface area (Å²) in [5.41, 5.74) is 11.4. The van der Waals surface area contributed by atoms with Gasteiger partial charge in [0.05, 0.1) is 126 Å². The van der Waals surface area contributed by atoms with Gasteiger partial charge in [-0.25, -0.2) is 44.0 Å². The molecule has 4 heterocycles. The molecule has 0 saturated carbocycles. The molecule has 0 aliphatic rings. The molecule has 18 heteroatoms. The summed E-state index contributed by atoms with van der Waals surface area (Å²) in [6.45, 7) is 48.8. The minimum atomic E-state index is 0.0829. The number of fused-ring (bicyclic) bond motifs is 6. The second-order valence-electron chi connectivity index (χ2n) is 23.7. The van der Waals surface area contributed by atoms with Crippen LogP contribution in [0.5, 0.6) is 0 Å². The van der Waals surface area contributed by atoms with Crippen molar-refractivity contribution in [3.8, 4) is 138 Å². The van der Waals surface area contributed by atoms with Crippen LogP contribution in [0.3, 0.4) is 0 Å². The summed E-state index contributed by atoms with van der Waals surface area (Å²) in [6.07, 6.45) is 3.42. The second-order valence-corrected chi connectivity index (χ2v) is 23.7. The predicted octanol–water partition coefficient (Wildman–Crippen LogP) is 21.3. The summed E-state index contributed by atoms with van der Waals surface area (Å²) in [5.74, 6) is 1.13. The number of nitrogens with zero attached hydrogens (tertiary/aromatic N) is 18. The monoisotopic (exact) mass is 1320 g/mol. The van der Waals surface area contributed by atoms with E-state index in [1.54, 1.807) is 12.4 Å². The summed E-state index contributed by atoms with van der Waals surface area (Å²) in [6, 6.07) is 73.8. The maximum Gasteiger partial charge on any atom is 0.197 e. The van der Waals surface area contributed by atoms with Crippen LogP contribution < -0.4 is 0 Å². The lowest BCUT2D eigenvalue weighted by atomic mass is 9.93. The first kappa shape index (κ1) is 63.1. The molecule has 0 atom stereocenters. The van der Waals surface area contributed by atoms with Crippen molar-refractivity contribution in [2.24, 2.45) is 0 Å². The zero-order chi connectivity index (χ0) is 71.9. The first-order valence-electron chi connectivity index (χ1n) is 31.5. The Kier molecular flexibility index (Phi) is 15.7. The first-order chi connectivity index (χ1) is 51.0. The third-order valence-corrected chi connectivity index (χ3v) is 18.1. The summed E-state index contributed by atoms with van der Waals surface area (Å²) < 4.78 is 4.13. The van der Waals surface area contributed by atoms with Gasteiger partial charge in [-0.05, 0) is 131 Å². The summed E-state index contributed by atoms with van der Waals surface area (Å²) in [4.78, 5) is 42.6. The molecule has 4 aromatic heterocycles. The third-order valence-electron chi connectivity index (χ3n) is 18.1. The van der Waals surface area contributed by atoms with Crippen LogP contribution in [-0.2, 0) is 0 Å². The minimum absolute atomic E-state index is 0.0829. The molecule has 0 N–H and O–H groups in total. The Morgan fingerprint density at radius 2 is 0.673 bits per heavy atom. The van der Waals surface area contributed by atoms with E-state index in [1.807, 2.05) is 158 Å². The predicted molar refractivity (Wildman–Crippen MR) is 396 cm³/mol. The molecule has 15 rings (SSSR count). The van der Waals surface area contributed by atoms with E-state index in [2.05, 4.69) is 74.6 Å². The molecule has 0 spiro atoms. The highest BCUT2D eigenvalue weighted by molar-refractivity contribution is 6.15. The lowest BCUT2D eigenvalue weighted by Gasteiger charge is -2.19. The van der Waals surface area contributed by atoms with Crippen LogP contribution in [0.25, 0.3) is 174 Å². The van der Waals surface area contributed by atoms with Gasteiger partial charge in [0, 0.05) is 95.1 Å². The number of aromatic nitrogens is 6. The quantitative estimate of drug-likeness (QED) is 0.118. The third kappa shape index (κ3) is 10.5. The van der Waals surface area contributed by atoms with Crippen LogP contribution >= 0.6 is 0 Å². The van der Waals surface area contributed by atoms with Gasteiger partial charge >= 0.3 is 0 Å². The van der Waals surface area contributed by atoms with Gasteiger partial charge in [-0.2, -0.15) is 31.6 Å². The maximum atomic E-state index is 10.7. The maximum absolute atomic E-state index is 10.7. The number of nitriles is 6. The van der Waals surface area contributed by atoms with E-state index >= 15 is 0 Å². The normalized spacial score (nSPS) is 10.6. The Hall–Kier alpha value is -16.9. The highest BCUT2D eigenvalue weighted by atomic mass is 15.0. The summed E-state index contributed by atoms with van der Waals surface area (Å²) in [7, 11) is 0. The fourth-order valence-electron chi connectivity index (χ4n) is 13.7. The second kappa shape index (κ2) is 25.9. The van der Waals surface area contributed by atoms with Crippen molar-refractivity contribution < 1.29 is 0 Å². The van der Waals surface area contributed by atoms with Gasteiger partial charge in [0.25, 0.3) is 0 Å². The molecule has 470 valence electrons. The summed E-state index contributed by atoms with van der Waals surface area (Å²) >= 11 is 0. The molecule has 104 heavy (non-hydrogen) atoms. The Morgan fingerprint density at radius 3 is 1.12 bits per heavy atom. The van der Waals surface area contributed by atoms with Crippen molar-refractivity contribution in [3.63, 3.8) is 0 Å². The van der Waals surface area contributed by atoms with Crippen molar-refractivity contribution in [2.75, 3.05) is 0 Å². The molecular formula is C86H36N18. The van der Waals surface area contributed by atoms with Crippen LogP contribution in [0.2, 0.25) is 0 Å². The van der Waals surface area contributed by atoms with Gasteiger partial charge in [0.15, 0.2) is 51.6 Å². The smallest absolute Gasteiger partial charge is 0.197 e. The lowest BCUT2D eigenvalue weighted by Crippen LogP contribution is -2.04. The van der Waals surface area contributed by atoms with Crippen LogP contribution in [0, 0.1) is 107 Å². The van der Waals surface area contributed by atoms with E-state index in [4.69, 9.17) is 59.4 Å². The average Bonchev–Trinajstić information content (AvgIpc) is 1.56. The number of pyridine rings is 1. The van der Waals surface area contributed by atoms with Crippen molar-refractivity contribution in [1.29, 1.82) is 31.6 Å². The zero-order valence-electron chi connectivity index (χ0n) is 53.8. The molecular weight excluding hydrogens is 1290 g/mol. The SMILES string of the molecule is [C-]#[N+]c1cc(C#N)c(-c2ccc3c(c2)c2cc(-c4c(C#N)cc([N+]#[C-])cc4[N+]#[C-])ccc2n3-c2cc(-c3nc(-c4ccccc4)nc(-c4ccccc4)n3)ccc2-c2cnccc2-n2c3ccc(-c4c(C#N)cc(C#N)cc4[N+]#[C-])cc3c3cc(-c4c([N+]#[C-])cc(C#N)cc4[N+]#[C-])ccc32)c(C#N)c1. The topological polar surface area (TPSA) is 230 Å². The van der Waals surface area contributed by atoms with E-state index < -0.39 is 0 Å². The van der Waals surface area contributed by atoms with Gasteiger partial charge in [-0.1, -0.05) is 103 Å².